The molecule has 2 N–H and O–H groups in total. The molecule has 1 heterocycles. The maximum atomic E-state index is 9.06. The molecule has 1 aliphatic heterocycles. The summed E-state index contributed by atoms with van der Waals surface area (Å²) in [4.78, 5) is 6.97. The first-order valence-corrected chi connectivity index (χ1v) is 7.75. The van der Waals surface area contributed by atoms with Gasteiger partial charge in [0.2, 0.25) is 0 Å². The van der Waals surface area contributed by atoms with Crippen LogP contribution in [0, 0.1) is 5.92 Å². The number of guanidine groups is 1. The van der Waals surface area contributed by atoms with Gasteiger partial charge in [0.15, 0.2) is 5.96 Å². The highest BCUT2D eigenvalue weighted by Gasteiger charge is 2.28. The van der Waals surface area contributed by atoms with E-state index in [1.807, 2.05) is 18.7 Å². The Morgan fingerprint density at radius 3 is 2.83 bits per heavy atom. The highest BCUT2D eigenvalue weighted by Crippen LogP contribution is 2.29. The van der Waals surface area contributed by atoms with Crippen molar-refractivity contribution in [2.75, 3.05) is 38.5 Å². The van der Waals surface area contributed by atoms with Crippen molar-refractivity contribution in [2.45, 2.75) is 32.4 Å². The third-order valence-corrected chi connectivity index (χ3v) is 4.22. The molecule has 0 spiro atoms. The topological polar surface area (TPSA) is 47.9 Å². The maximum Gasteiger partial charge on any atom is 0.193 e. The van der Waals surface area contributed by atoms with Crippen molar-refractivity contribution in [2.24, 2.45) is 10.9 Å². The second-order valence-corrected chi connectivity index (χ2v) is 7.31. The lowest BCUT2D eigenvalue weighted by Crippen LogP contribution is -2.51. The molecule has 1 fully saturated rings. The first-order chi connectivity index (χ1) is 8.48. The first-order valence-electron chi connectivity index (χ1n) is 6.76. The molecule has 0 aliphatic carbocycles. The second-order valence-electron chi connectivity index (χ2n) is 5.51. The molecule has 1 saturated heterocycles. The lowest BCUT2D eigenvalue weighted by Gasteiger charge is -2.39. The number of rotatable bonds is 4. The molecule has 0 aromatic heterocycles. The summed E-state index contributed by atoms with van der Waals surface area (Å²) in [6, 6.07) is 0. The highest BCUT2D eigenvalue weighted by molar-refractivity contribution is 8.00. The van der Waals surface area contributed by atoms with Crippen LogP contribution in [-0.2, 0) is 0 Å². The third-order valence-electron chi connectivity index (χ3n) is 2.92. The monoisotopic (exact) mass is 273 g/mol. The predicted molar refractivity (Wildman–Crippen MR) is 80.3 cm³/mol. The smallest absolute Gasteiger partial charge is 0.193 e. The Bertz CT molecular complexity index is 281. The van der Waals surface area contributed by atoms with Gasteiger partial charge in [0.25, 0.3) is 0 Å². The standard InChI is InChI=1S/C13H27N3OS/c1-5-14-12(15-8-11(2)9-17)16-6-7-18-13(3,4)10-16/h11,17H,5-10H2,1-4H3,(H,14,15). The van der Waals surface area contributed by atoms with Gasteiger partial charge in [-0.1, -0.05) is 6.92 Å². The van der Waals surface area contributed by atoms with E-state index in [-0.39, 0.29) is 17.3 Å². The quantitative estimate of drug-likeness (QED) is 0.600. The number of hydrogen-bond acceptors (Lipinski definition) is 3. The molecule has 1 atom stereocenters. The van der Waals surface area contributed by atoms with Gasteiger partial charge in [-0.3, -0.25) is 4.99 Å². The van der Waals surface area contributed by atoms with Crippen molar-refractivity contribution in [3.8, 4) is 0 Å². The van der Waals surface area contributed by atoms with Gasteiger partial charge in [-0.2, -0.15) is 11.8 Å². The summed E-state index contributed by atoms with van der Waals surface area (Å²) in [6.07, 6.45) is 0. The molecule has 106 valence electrons. The van der Waals surface area contributed by atoms with E-state index in [0.717, 1.165) is 31.3 Å². The SMILES string of the molecule is CCNC(=NCC(C)CO)N1CCSC(C)(C)C1. The average Bonchev–Trinajstić information content (AvgIpc) is 2.32. The molecule has 1 unspecified atom stereocenters. The van der Waals surface area contributed by atoms with Crippen molar-refractivity contribution in [1.29, 1.82) is 0 Å². The Morgan fingerprint density at radius 1 is 1.56 bits per heavy atom. The first kappa shape index (κ1) is 15.6. The second kappa shape index (κ2) is 7.24. The number of nitrogens with one attached hydrogen (secondary N) is 1. The Kier molecular flexibility index (Phi) is 6.29. The van der Waals surface area contributed by atoms with Gasteiger partial charge in [0, 0.05) is 43.3 Å². The molecule has 0 bridgehead atoms. The summed E-state index contributed by atoms with van der Waals surface area (Å²) >= 11 is 2.02. The molecule has 18 heavy (non-hydrogen) atoms. The average molecular weight is 273 g/mol. The fourth-order valence-electron chi connectivity index (χ4n) is 1.92. The molecule has 0 radical (unpaired) electrons. The van der Waals surface area contributed by atoms with Crippen LogP contribution >= 0.6 is 11.8 Å². The molecular weight excluding hydrogens is 246 g/mol. The fourth-order valence-corrected chi connectivity index (χ4v) is 3.03. The normalized spacial score (nSPS) is 21.8. The number of hydrogen-bond donors (Lipinski definition) is 2. The van der Waals surface area contributed by atoms with Crippen LogP contribution in [0.15, 0.2) is 4.99 Å². The van der Waals surface area contributed by atoms with Gasteiger partial charge in [-0.15, -0.1) is 0 Å². The summed E-state index contributed by atoms with van der Waals surface area (Å²) in [5.74, 6) is 2.37. The Labute approximate surface area is 115 Å². The predicted octanol–water partition coefficient (Wildman–Crippen LogP) is 1.41. The van der Waals surface area contributed by atoms with Crippen LogP contribution in [0.1, 0.15) is 27.7 Å². The summed E-state index contributed by atoms with van der Waals surface area (Å²) in [5.41, 5.74) is 0. The van der Waals surface area contributed by atoms with Crippen LogP contribution in [0.25, 0.3) is 0 Å². The minimum atomic E-state index is 0.199. The van der Waals surface area contributed by atoms with E-state index >= 15 is 0 Å². The van der Waals surface area contributed by atoms with Crippen molar-refractivity contribution in [3.05, 3.63) is 0 Å². The largest absolute Gasteiger partial charge is 0.396 e. The Balaban J connectivity index is 2.65. The highest BCUT2D eigenvalue weighted by atomic mass is 32.2. The molecule has 0 saturated carbocycles. The van der Waals surface area contributed by atoms with Crippen LogP contribution in [0.2, 0.25) is 0 Å². The molecular formula is C13H27N3OS. The van der Waals surface area contributed by atoms with Crippen molar-refractivity contribution < 1.29 is 5.11 Å². The van der Waals surface area contributed by atoms with Crippen LogP contribution < -0.4 is 5.32 Å². The Morgan fingerprint density at radius 2 is 2.28 bits per heavy atom. The van der Waals surface area contributed by atoms with Crippen LogP contribution in [0.3, 0.4) is 0 Å². The molecule has 0 aromatic carbocycles. The number of aliphatic imine (C=N–C) groups is 1. The van der Waals surface area contributed by atoms with Crippen molar-refractivity contribution in [3.63, 3.8) is 0 Å². The third kappa shape index (κ3) is 5.06. The number of aliphatic hydroxyl groups excluding tert-OH is 1. The lowest BCUT2D eigenvalue weighted by molar-refractivity contribution is 0.241. The van der Waals surface area contributed by atoms with E-state index in [4.69, 9.17) is 5.11 Å². The van der Waals surface area contributed by atoms with Crippen molar-refractivity contribution >= 4 is 17.7 Å². The summed E-state index contributed by atoms with van der Waals surface area (Å²) < 4.78 is 0.289. The zero-order chi connectivity index (χ0) is 13.6. The number of aliphatic hydroxyl groups is 1. The van der Waals surface area contributed by atoms with Gasteiger partial charge in [-0.05, 0) is 26.7 Å². The fraction of sp³-hybridized carbons (Fsp3) is 0.923. The minimum absolute atomic E-state index is 0.199. The van der Waals surface area contributed by atoms with Gasteiger partial charge in [0.1, 0.15) is 0 Å². The van der Waals surface area contributed by atoms with Gasteiger partial charge >= 0.3 is 0 Å². The number of nitrogens with zero attached hydrogens (tertiary/aromatic N) is 2. The number of thioether (sulfide) groups is 1. The van der Waals surface area contributed by atoms with E-state index in [1.165, 1.54) is 0 Å². The zero-order valence-corrected chi connectivity index (χ0v) is 12.9. The summed E-state index contributed by atoms with van der Waals surface area (Å²) in [7, 11) is 0. The summed E-state index contributed by atoms with van der Waals surface area (Å²) in [6.45, 7) is 12.5. The molecule has 1 rings (SSSR count). The molecule has 5 heteroatoms. The van der Waals surface area contributed by atoms with Gasteiger partial charge < -0.3 is 15.3 Å². The van der Waals surface area contributed by atoms with E-state index in [0.29, 0.717) is 6.54 Å². The minimum Gasteiger partial charge on any atom is -0.396 e. The summed E-state index contributed by atoms with van der Waals surface area (Å²) in [5, 5.41) is 12.4. The lowest BCUT2D eigenvalue weighted by atomic mass is 10.2. The molecule has 1 aliphatic rings. The molecule has 0 amide bonds. The Hall–Kier alpha value is -0.420. The van der Waals surface area contributed by atoms with Gasteiger partial charge in [-0.25, -0.2) is 0 Å². The van der Waals surface area contributed by atoms with E-state index in [2.05, 4.69) is 36.0 Å². The van der Waals surface area contributed by atoms with Gasteiger partial charge in [0.05, 0.1) is 0 Å². The molecule has 0 aromatic rings. The van der Waals surface area contributed by atoms with E-state index in [1.54, 1.807) is 0 Å². The van der Waals surface area contributed by atoms with Crippen LogP contribution in [0.4, 0.5) is 0 Å². The van der Waals surface area contributed by atoms with E-state index < -0.39 is 0 Å². The van der Waals surface area contributed by atoms with Crippen LogP contribution in [-0.4, -0.2) is 59.3 Å². The molecule has 4 nitrogen and oxygen atoms in total. The maximum absolute atomic E-state index is 9.06. The van der Waals surface area contributed by atoms with E-state index in [9.17, 15) is 0 Å². The van der Waals surface area contributed by atoms with Crippen molar-refractivity contribution in [1.82, 2.24) is 10.2 Å². The zero-order valence-electron chi connectivity index (χ0n) is 12.1. The van der Waals surface area contributed by atoms with Crippen LogP contribution in [0.5, 0.6) is 0 Å².